The fourth-order valence-corrected chi connectivity index (χ4v) is 5.26. The quantitative estimate of drug-likeness (QED) is 0.533. The van der Waals surface area contributed by atoms with Crippen molar-refractivity contribution in [2.75, 3.05) is 16.8 Å². The van der Waals surface area contributed by atoms with Crippen LogP contribution in [-0.4, -0.2) is 21.9 Å². The van der Waals surface area contributed by atoms with Crippen LogP contribution in [0.2, 0.25) is 0 Å². The first-order valence-corrected chi connectivity index (χ1v) is 10.5. The third-order valence-electron chi connectivity index (χ3n) is 4.50. The predicted octanol–water partition coefficient (Wildman–Crippen LogP) is 5.44. The summed E-state index contributed by atoms with van der Waals surface area (Å²) in [5.41, 5.74) is 9.16. The van der Waals surface area contributed by atoms with Crippen molar-refractivity contribution in [3.8, 4) is 0 Å². The maximum atomic E-state index is 12.8. The Balaban J connectivity index is 1.80. The molecule has 150 valence electrons. The zero-order valence-corrected chi connectivity index (χ0v) is 17.0. The molecule has 29 heavy (non-hydrogen) atoms. The van der Waals surface area contributed by atoms with E-state index in [0.29, 0.717) is 10.7 Å². The summed E-state index contributed by atoms with van der Waals surface area (Å²) >= 11 is 2.26. The Morgan fingerprint density at radius 1 is 1.17 bits per heavy atom. The number of fused-ring (bicyclic) bond motifs is 1. The number of nitrogens with two attached hydrogens (primary N) is 1. The standard InChI is InChI=1S/C20H17F3N4S2/c1-12-4-5-13(9-16(12)28-11-19(21,22)23)20(14-3-2-8-25-10-14)27-15-6-7-17(24)26-18(15)29-20/h2-10,27H,11H2,1H3,(H2,24,26). The van der Waals surface area contributed by atoms with Crippen LogP contribution in [0.4, 0.5) is 24.7 Å². The van der Waals surface area contributed by atoms with Gasteiger partial charge in [-0.15, -0.1) is 11.8 Å². The molecule has 1 aliphatic rings. The van der Waals surface area contributed by atoms with Crippen molar-refractivity contribution in [2.45, 2.75) is 27.9 Å². The van der Waals surface area contributed by atoms with Crippen molar-refractivity contribution >= 4 is 35.0 Å². The van der Waals surface area contributed by atoms with Gasteiger partial charge in [-0.25, -0.2) is 4.98 Å². The van der Waals surface area contributed by atoms with Crippen LogP contribution < -0.4 is 11.1 Å². The number of alkyl halides is 3. The van der Waals surface area contributed by atoms with Gasteiger partial charge in [0.2, 0.25) is 0 Å². The molecule has 2 aromatic heterocycles. The molecule has 0 radical (unpaired) electrons. The number of nitrogen functional groups attached to an aromatic ring is 1. The minimum Gasteiger partial charge on any atom is -0.384 e. The topological polar surface area (TPSA) is 63.8 Å². The molecule has 0 saturated carbocycles. The lowest BCUT2D eigenvalue weighted by molar-refractivity contribution is -0.105. The number of nitrogens with zero attached hydrogens (tertiary/aromatic N) is 2. The van der Waals surface area contributed by atoms with Crippen LogP contribution in [0.15, 0.2) is 64.8 Å². The molecule has 3 N–H and O–H groups in total. The molecule has 0 spiro atoms. The molecule has 1 aromatic carbocycles. The van der Waals surface area contributed by atoms with Crippen LogP contribution in [0.5, 0.6) is 0 Å². The van der Waals surface area contributed by atoms with Crippen molar-refractivity contribution in [3.63, 3.8) is 0 Å². The molecule has 0 fully saturated rings. The number of halogens is 3. The highest BCUT2D eigenvalue weighted by molar-refractivity contribution is 8.01. The highest BCUT2D eigenvalue weighted by atomic mass is 32.2. The Kier molecular flexibility index (Phi) is 5.12. The second kappa shape index (κ2) is 7.46. The molecule has 0 bridgehead atoms. The number of aromatic nitrogens is 2. The largest absolute Gasteiger partial charge is 0.398 e. The van der Waals surface area contributed by atoms with Crippen LogP contribution in [-0.2, 0) is 4.87 Å². The predicted molar refractivity (Wildman–Crippen MR) is 111 cm³/mol. The molecule has 0 aliphatic carbocycles. The summed E-state index contributed by atoms with van der Waals surface area (Å²) in [5, 5.41) is 4.24. The lowest BCUT2D eigenvalue weighted by atomic mass is 9.98. The number of hydrogen-bond acceptors (Lipinski definition) is 6. The van der Waals surface area contributed by atoms with Crippen molar-refractivity contribution in [1.29, 1.82) is 0 Å². The van der Waals surface area contributed by atoms with Gasteiger partial charge >= 0.3 is 6.18 Å². The van der Waals surface area contributed by atoms with Crippen LogP contribution in [0, 0.1) is 6.92 Å². The fraction of sp³-hybridized carbons (Fsp3) is 0.200. The van der Waals surface area contributed by atoms with E-state index in [1.165, 1.54) is 11.8 Å². The van der Waals surface area contributed by atoms with Gasteiger partial charge in [-0.1, -0.05) is 30.0 Å². The molecule has 4 rings (SSSR count). The van der Waals surface area contributed by atoms with Gasteiger partial charge in [0.1, 0.15) is 15.7 Å². The number of thioether (sulfide) groups is 2. The highest BCUT2D eigenvalue weighted by Gasteiger charge is 2.43. The molecule has 4 nitrogen and oxygen atoms in total. The highest BCUT2D eigenvalue weighted by Crippen LogP contribution is 2.54. The third-order valence-corrected chi connectivity index (χ3v) is 7.10. The average molecular weight is 435 g/mol. The van der Waals surface area contributed by atoms with Crippen LogP contribution in [0.25, 0.3) is 0 Å². The number of hydrogen-bond donors (Lipinski definition) is 2. The number of rotatable bonds is 4. The van der Waals surface area contributed by atoms with Gasteiger partial charge in [-0.2, -0.15) is 13.2 Å². The summed E-state index contributed by atoms with van der Waals surface area (Å²) in [7, 11) is 0. The maximum Gasteiger partial charge on any atom is 0.398 e. The van der Waals surface area contributed by atoms with E-state index in [9.17, 15) is 13.2 Å². The minimum atomic E-state index is -4.23. The molecule has 3 heterocycles. The Labute approximate surface area is 174 Å². The Morgan fingerprint density at radius 3 is 2.72 bits per heavy atom. The molecular weight excluding hydrogens is 417 g/mol. The lowest BCUT2D eigenvalue weighted by Crippen LogP contribution is -2.30. The SMILES string of the molecule is Cc1ccc(C2(c3cccnc3)Nc3ccc(N)nc3S2)cc1SCC(F)(F)F. The van der Waals surface area contributed by atoms with Gasteiger partial charge in [0.25, 0.3) is 0 Å². The van der Waals surface area contributed by atoms with E-state index in [2.05, 4.69) is 15.3 Å². The summed E-state index contributed by atoms with van der Waals surface area (Å²) in [6.45, 7) is 1.81. The van der Waals surface area contributed by atoms with Gasteiger partial charge in [0.15, 0.2) is 0 Å². The summed E-state index contributed by atoms with van der Waals surface area (Å²) in [5.74, 6) is -0.527. The van der Waals surface area contributed by atoms with E-state index in [-0.39, 0.29) is 0 Å². The summed E-state index contributed by atoms with van der Waals surface area (Å²) in [4.78, 5) is 8.48. The first kappa shape index (κ1) is 19.9. The van der Waals surface area contributed by atoms with E-state index in [0.717, 1.165) is 39.2 Å². The molecule has 1 atom stereocenters. The van der Waals surface area contributed by atoms with Crippen molar-refractivity contribution < 1.29 is 13.2 Å². The monoisotopic (exact) mass is 434 g/mol. The molecule has 0 amide bonds. The molecule has 1 unspecified atom stereocenters. The van der Waals surface area contributed by atoms with E-state index in [1.54, 1.807) is 18.5 Å². The first-order valence-electron chi connectivity index (χ1n) is 8.72. The Bertz CT molecular complexity index is 1040. The Hall–Kier alpha value is -2.39. The number of nitrogens with one attached hydrogen (secondary N) is 1. The van der Waals surface area contributed by atoms with Gasteiger partial charge in [-0.05, 0) is 42.3 Å². The minimum absolute atomic E-state index is 0.408. The summed E-state index contributed by atoms with van der Waals surface area (Å²) in [6, 6.07) is 12.9. The normalized spacial score (nSPS) is 18.3. The molecule has 1 aliphatic heterocycles. The maximum absolute atomic E-state index is 12.8. The van der Waals surface area contributed by atoms with Gasteiger partial charge < -0.3 is 11.1 Å². The van der Waals surface area contributed by atoms with Crippen LogP contribution in [0.1, 0.15) is 16.7 Å². The second-order valence-electron chi connectivity index (χ2n) is 6.62. The number of aryl methyl sites for hydroxylation is 1. The summed E-state index contributed by atoms with van der Waals surface area (Å²) in [6.07, 6.45) is -0.802. The number of pyridine rings is 2. The molecule has 3 aromatic rings. The van der Waals surface area contributed by atoms with Gasteiger partial charge in [0.05, 0.1) is 11.4 Å². The fourth-order valence-electron chi connectivity index (χ4n) is 3.12. The van der Waals surface area contributed by atoms with E-state index in [4.69, 9.17) is 5.73 Å². The van der Waals surface area contributed by atoms with E-state index < -0.39 is 16.8 Å². The molecule has 9 heteroatoms. The zero-order chi connectivity index (χ0) is 20.6. The molecular formula is C20H17F3N4S2. The smallest absolute Gasteiger partial charge is 0.384 e. The third kappa shape index (κ3) is 4.02. The number of benzene rings is 1. The van der Waals surface area contributed by atoms with Gasteiger partial charge in [0, 0.05) is 22.9 Å². The average Bonchev–Trinajstić information content (AvgIpc) is 3.07. The van der Waals surface area contributed by atoms with E-state index in [1.807, 2.05) is 43.3 Å². The van der Waals surface area contributed by atoms with Crippen molar-refractivity contribution in [2.24, 2.45) is 0 Å². The van der Waals surface area contributed by atoms with Crippen LogP contribution in [0.3, 0.4) is 0 Å². The molecule has 0 saturated heterocycles. The summed E-state index contributed by atoms with van der Waals surface area (Å²) < 4.78 is 38.3. The number of anilines is 2. The second-order valence-corrected chi connectivity index (χ2v) is 8.84. The van der Waals surface area contributed by atoms with Crippen molar-refractivity contribution in [1.82, 2.24) is 9.97 Å². The zero-order valence-electron chi connectivity index (χ0n) is 15.3. The van der Waals surface area contributed by atoms with Crippen molar-refractivity contribution in [3.05, 3.63) is 71.5 Å². The van der Waals surface area contributed by atoms with E-state index >= 15 is 0 Å². The van der Waals surface area contributed by atoms with Crippen LogP contribution >= 0.6 is 23.5 Å². The Morgan fingerprint density at radius 2 is 2.00 bits per heavy atom. The lowest BCUT2D eigenvalue weighted by Gasteiger charge is -2.30. The first-order chi connectivity index (χ1) is 13.8. The van der Waals surface area contributed by atoms with Gasteiger partial charge in [-0.3, -0.25) is 4.98 Å².